The van der Waals surface area contributed by atoms with Gasteiger partial charge in [0.2, 0.25) is 5.91 Å². The van der Waals surface area contributed by atoms with Crippen LogP contribution in [0.5, 0.6) is 5.75 Å². The zero-order chi connectivity index (χ0) is 28.4. The van der Waals surface area contributed by atoms with Crippen LogP contribution in [-0.4, -0.2) is 39.1 Å². The van der Waals surface area contributed by atoms with Gasteiger partial charge in [0.05, 0.1) is 41.3 Å². The lowest BCUT2D eigenvalue weighted by Gasteiger charge is -2.28. The predicted octanol–water partition coefficient (Wildman–Crippen LogP) is 6.81. The number of carbonyl (C=O) groups is 1. The first-order chi connectivity index (χ1) is 19.3. The Hall–Kier alpha value is -3.59. The molecule has 1 saturated heterocycles. The van der Waals surface area contributed by atoms with E-state index in [1.54, 1.807) is 19.4 Å². The van der Waals surface area contributed by atoms with Gasteiger partial charge in [-0.05, 0) is 80.2 Å². The highest BCUT2D eigenvalue weighted by Gasteiger charge is 2.41. The largest absolute Gasteiger partial charge is 0.495 e. The van der Waals surface area contributed by atoms with Gasteiger partial charge < -0.3 is 24.8 Å². The molecule has 1 aliphatic rings. The standard InChI is InChI=1S/C30H29Cl2N5O2S/c1-18-16-21(19(2)37(18)25-12-11-20(31)17-22(25)32)29-28(24-9-6-7-14-33-24)35-30(40)36(29)15-13-27(38)34-23-8-4-5-10-26(23)39-3/h4-12,14,16-17,28-29H,13,15H2,1-3H3,(H,34,38)(H,35,40)/t28-,29-/m1/s1. The molecular weight excluding hydrogens is 565 g/mol. The molecule has 2 aromatic heterocycles. The van der Waals surface area contributed by atoms with Crippen LogP contribution in [0.4, 0.5) is 5.69 Å². The first-order valence-electron chi connectivity index (χ1n) is 12.8. The summed E-state index contributed by atoms with van der Waals surface area (Å²) in [5.41, 5.74) is 5.44. The molecule has 0 bridgehead atoms. The Bertz CT molecular complexity index is 1560. The normalized spacial score (nSPS) is 16.6. The third-order valence-electron chi connectivity index (χ3n) is 7.10. The number of anilines is 1. The number of amides is 1. The van der Waals surface area contributed by atoms with E-state index in [0.29, 0.717) is 33.1 Å². The molecule has 3 heterocycles. The van der Waals surface area contributed by atoms with E-state index in [2.05, 4.69) is 38.1 Å². The van der Waals surface area contributed by atoms with E-state index < -0.39 is 0 Å². The molecule has 2 atom stereocenters. The van der Waals surface area contributed by atoms with Crippen molar-refractivity contribution in [3.63, 3.8) is 0 Å². The van der Waals surface area contributed by atoms with Crippen molar-refractivity contribution < 1.29 is 9.53 Å². The zero-order valence-corrected chi connectivity index (χ0v) is 24.6. The van der Waals surface area contributed by atoms with Crippen LogP contribution < -0.4 is 15.4 Å². The third kappa shape index (κ3) is 5.52. The van der Waals surface area contributed by atoms with Gasteiger partial charge in [-0.15, -0.1) is 0 Å². The summed E-state index contributed by atoms with van der Waals surface area (Å²) in [6, 6.07) is 20.4. The molecule has 1 fully saturated rings. The number of methoxy groups -OCH3 is 1. The smallest absolute Gasteiger partial charge is 0.226 e. The average Bonchev–Trinajstić information content (AvgIpc) is 3.42. The summed E-state index contributed by atoms with van der Waals surface area (Å²) in [5.74, 6) is 0.473. The summed E-state index contributed by atoms with van der Waals surface area (Å²) in [4.78, 5) is 19.7. The van der Waals surface area contributed by atoms with Gasteiger partial charge in [0.25, 0.3) is 0 Å². The minimum Gasteiger partial charge on any atom is -0.495 e. The number of thiocarbonyl (C=S) groups is 1. The topological polar surface area (TPSA) is 71.4 Å². The number of rotatable bonds is 8. The van der Waals surface area contributed by atoms with E-state index in [1.807, 2.05) is 61.5 Å². The summed E-state index contributed by atoms with van der Waals surface area (Å²) >= 11 is 18.6. The summed E-state index contributed by atoms with van der Waals surface area (Å²) in [6.45, 7) is 4.52. The van der Waals surface area contributed by atoms with Crippen LogP contribution >= 0.6 is 35.4 Å². The summed E-state index contributed by atoms with van der Waals surface area (Å²) in [5, 5.41) is 8.13. The number of carbonyl (C=O) groups excluding carboxylic acids is 1. The maximum absolute atomic E-state index is 13.0. The molecule has 0 radical (unpaired) electrons. The lowest BCUT2D eigenvalue weighted by Crippen LogP contribution is -2.33. The molecule has 0 unspecified atom stereocenters. The molecule has 0 aliphatic carbocycles. The van der Waals surface area contributed by atoms with Crippen LogP contribution in [0.25, 0.3) is 5.69 Å². The van der Waals surface area contributed by atoms with Crippen LogP contribution in [0.3, 0.4) is 0 Å². The van der Waals surface area contributed by atoms with Crippen LogP contribution in [-0.2, 0) is 4.79 Å². The van der Waals surface area contributed by atoms with Gasteiger partial charge >= 0.3 is 0 Å². The van der Waals surface area contributed by atoms with E-state index >= 15 is 0 Å². The molecule has 4 aromatic rings. The van der Waals surface area contributed by atoms with Crippen molar-refractivity contribution in [3.05, 3.63) is 106 Å². The van der Waals surface area contributed by atoms with Crippen molar-refractivity contribution in [2.24, 2.45) is 0 Å². The third-order valence-corrected chi connectivity index (χ3v) is 7.99. The highest BCUT2D eigenvalue weighted by Crippen LogP contribution is 2.42. The van der Waals surface area contributed by atoms with Gasteiger partial charge in [0.1, 0.15) is 5.75 Å². The molecule has 10 heteroatoms. The maximum Gasteiger partial charge on any atom is 0.226 e. The molecule has 1 amide bonds. The molecule has 0 saturated carbocycles. The quantitative estimate of drug-likeness (QED) is 0.219. The first kappa shape index (κ1) is 28.0. The van der Waals surface area contributed by atoms with Crippen molar-refractivity contribution in [1.29, 1.82) is 0 Å². The summed E-state index contributed by atoms with van der Waals surface area (Å²) < 4.78 is 7.50. The fourth-order valence-corrected chi connectivity index (χ4v) is 6.11. The zero-order valence-electron chi connectivity index (χ0n) is 22.3. The number of benzene rings is 2. The van der Waals surface area contributed by atoms with Crippen LogP contribution in [0, 0.1) is 13.8 Å². The number of nitrogens with one attached hydrogen (secondary N) is 2. The van der Waals surface area contributed by atoms with Gasteiger partial charge in [0, 0.05) is 35.6 Å². The Balaban J connectivity index is 1.48. The molecule has 40 heavy (non-hydrogen) atoms. The predicted molar refractivity (Wildman–Crippen MR) is 164 cm³/mol. The van der Waals surface area contributed by atoms with Gasteiger partial charge in [0.15, 0.2) is 5.11 Å². The van der Waals surface area contributed by atoms with Crippen molar-refractivity contribution >= 4 is 52.1 Å². The number of aryl methyl sites for hydroxylation is 1. The molecular formula is C30H29Cl2N5O2S. The Kier molecular flexibility index (Phi) is 8.30. The molecule has 2 aromatic carbocycles. The SMILES string of the molecule is COc1ccccc1NC(=O)CCN1C(=S)N[C@H](c2ccccn2)[C@H]1c1cc(C)n(-c2ccc(Cl)cc2Cl)c1C. The molecule has 7 nitrogen and oxygen atoms in total. The molecule has 2 N–H and O–H groups in total. The highest BCUT2D eigenvalue weighted by atomic mass is 35.5. The number of ether oxygens (including phenoxy) is 1. The van der Waals surface area contributed by atoms with Gasteiger partial charge in [-0.1, -0.05) is 41.4 Å². The van der Waals surface area contributed by atoms with Gasteiger partial charge in [-0.3, -0.25) is 9.78 Å². The monoisotopic (exact) mass is 593 g/mol. The van der Waals surface area contributed by atoms with Crippen molar-refractivity contribution in [3.8, 4) is 11.4 Å². The lowest BCUT2D eigenvalue weighted by atomic mass is 9.96. The van der Waals surface area contributed by atoms with E-state index in [1.165, 1.54) is 0 Å². The average molecular weight is 595 g/mol. The number of aromatic nitrogens is 2. The minimum absolute atomic E-state index is 0.134. The summed E-state index contributed by atoms with van der Waals surface area (Å²) in [6.07, 6.45) is 2.00. The van der Waals surface area contributed by atoms with Crippen molar-refractivity contribution in [2.75, 3.05) is 19.0 Å². The number of hydrogen-bond acceptors (Lipinski definition) is 4. The minimum atomic E-state index is -0.208. The lowest BCUT2D eigenvalue weighted by molar-refractivity contribution is -0.116. The number of halogens is 2. The second kappa shape index (κ2) is 11.9. The molecule has 0 spiro atoms. The van der Waals surface area contributed by atoms with Crippen molar-refractivity contribution in [2.45, 2.75) is 32.4 Å². The maximum atomic E-state index is 13.0. The molecule has 1 aliphatic heterocycles. The Morgan fingerprint density at radius 3 is 2.60 bits per heavy atom. The van der Waals surface area contributed by atoms with E-state index in [9.17, 15) is 4.79 Å². The number of para-hydroxylation sites is 2. The number of hydrogen-bond donors (Lipinski definition) is 2. The van der Waals surface area contributed by atoms with E-state index in [-0.39, 0.29) is 24.4 Å². The second-order valence-corrected chi connectivity index (χ2v) is 10.8. The Morgan fingerprint density at radius 1 is 1.10 bits per heavy atom. The molecule has 206 valence electrons. The Morgan fingerprint density at radius 2 is 1.88 bits per heavy atom. The number of pyridine rings is 1. The summed E-state index contributed by atoms with van der Waals surface area (Å²) in [7, 11) is 1.58. The van der Waals surface area contributed by atoms with Crippen molar-refractivity contribution in [1.82, 2.24) is 19.8 Å². The van der Waals surface area contributed by atoms with Gasteiger partial charge in [-0.25, -0.2) is 0 Å². The van der Waals surface area contributed by atoms with Crippen LogP contribution in [0.15, 0.2) is 72.9 Å². The first-order valence-corrected chi connectivity index (χ1v) is 14.0. The molecule has 5 rings (SSSR count). The Labute approximate surface area is 249 Å². The van der Waals surface area contributed by atoms with Gasteiger partial charge in [-0.2, -0.15) is 0 Å². The highest BCUT2D eigenvalue weighted by molar-refractivity contribution is 7.80. The van der Waals surface area contributed by atoms with Crippen LogP contribution in [0.2, 0.25) is 10.0 Å². The van der Waals surface area contributed by atoms with E-state index in [0.717, 1.165) is 28.3 Å². The second-order valence-electron chi connectivity index (χ2n) is 9.58. The van der Waals surface area contributed by atoms with Crippen LogP contribution in [0.1, 0.15) is 41.1 Å². The van der Waals surface area contributed by atoms with E-state index in [4.69, 9.17) is 40.2 Å². The number of nitrogens with zero attached hydrogens (tertiary/aromatic N) is 3. The fourth-order valence-electron chi connectivity index (χ4n) is 5.29. The fraction of sp³-hybridized carbons (Fsp3) is 0.233.